The van der Waals surface area contributed by atoms with Crippen molar-refractivity contribution in [3.8, 4) is 0 Å². The average Bonchev–Trinajstić information content (AvgIpc) is 3.08. The van der Waals surface area contributed by atoms with Crippen LogP contribution in [0.2, 0.25) is 0 Å². The molecule has 1 aliphatic heterocycles. The normalized spacial score (nSPS) is 18.3. The second-order valence-electron chi connectivity index (χ2n) is 6.33. The Morgan fingerprint density at radius 3 is 2.40 bits per heavy atom. The lowest BCUT2D eigenvalue weighted by Crippen LogP contribution is -2.23. The molecule has 1 unspecified atom stereocenters. The predicted octanol–water partition coefficient (Wildman–Crippen LogP) is 4.64. The van der Waals surface area contributed by atoms with Crippen LogP contribution in [0.1, 0.15) is 30.6 Å². The lowest BCUT2D eigenvalue weighted by atomic mass is 10.1. The van der Waals surface area contributed by atoms with Crippen LogP contribution in [0.15, 0.2) is 71.8 Å². The molecular formula is C20H20N2O2S. The van der Waals surface area contributed by atoms with E-state index in [0.29, 0.717) is 4.90 Å². The van der Waals surface area contributed by atoms with E-state index in [1.165, 1.54) is 9.54 Å². The van der Waals surface area contributed by atoms with Gasteiger partial charge in [-0.05, 0) is 49.7 Å². The maximum absolute atomic E-state index is 13.2. The van der Waals surface area contributed by atoms with E-state index in [1.807, 2.05) is 25.1 Å². The van der Waals surface area contributed by atoms with Crippen LogP contribution in [0.4, 0.5) is 11.4 Å². The van der Waals surface area contributed by atoms with E-state index >= 15 is 0 Å². The van der Waals surface area contributed by atoms with Gasteiger partial charge in [0.05, 0.1) is 17.4 Å². The summed E-state index contributed by atoms with van der Waals surface area (Å²) in [5.74, 6) is 0. The molecule has 3 aromatic rings. The maximum atomic E-state index is 13.2. The van der Waals surface area contributed by atoms with E-state index in [2.05, 4.69) is 36.1 Å². The van der Waals surface area contributed by atoms with E-state index in [-0.39, 0.29) is 6.04 Å². The quantitative estimate of drug-likeness (QED) is 0.675. The molecule has 1 atom stereocenters. The Labute approximate surface area is 148 Å². The molecule has 0 bridgehead atoms. The van der Waals surface area contributed by atoms with Gasteiger partial charge in [0.1, 0.15) is 4.90 Å². The molecule has 0 radical (unpaired) electrons. The topological polar surface area (TPSA) is 42.3 Å². The first kappa shape index (κ1) is 16.0. The molecule has 0 spiro atoms. The number of para-hydroxylation sites is 1. The molecule has 0 fully saturated rings. The third-order valence-corrected chi connectivity index (χ3v) is 6.51. The van der Waals surface area contributed by atoms with E-state index < -0.39 is 10.0 Å². The Hall–Kier alpha value is -2.53. The predicted molar refractivity (Wildman–Crippen MR) is 99.8 cm³/mol. The molecule has 0 saturated heterocycles. The molecule has 25 heavy (non-hydrogen) atoms. The third kappa shape index (κ3) is 2.38. The second kappa shape index (κ2) is 5.77. The number of aryl methyl sites for hydroxylation is 1. The number of rotatable bonds is 2. The smallest absolute Gasteiger partial charge is 0.269 e. The summed E-state index contributed by atoms with van der Waals surface area (Å²) in [6, 6.07) is 19.1. The molecule has 1 aromatic heterocycles. The second-order valence-corrected chi connectivity index (χ2v) is 8.11. The summed E-state index contributed by atoms with van der Waals surface area (Å²) in [7, 11) is -3.61. The van der Waals surface area contributed by atoms with E-state index in [1.54, 1.807) is 24.4 Å². The molecule has 4 rings (SSSR count). The zero-order valence-corrected chi connectivity index (χ0v) is 15.1. The summed E-state index contributed by atoms with van der Waals surface area (Å²) in [5.41, 5.74) is 3.69. The molecule has 2 heterocycles. The Balaban J connectivity index is 2.07. The van der Waals surface area contributed by atoms with Gasteiger partial charge >= 0.3 is 0 Å². The van der Waals surface area contributed by atoms with Gasteiger partial charge in [0, 0.05) is 11.9 Å². The molecule has 0 saturated carbocycles. The zero-order valence-electron chi connectivity index (χ0n) is 14.3. The SMILES string of the molecule is CCC1c2cccn2S(=O)(=O)c2ccccc2N1c1ccc(C)cc1. The first-order valence-electron chi connectivity index (χ1n) is 8.42. The first-order valence-corrected chi connectivity index (χ1v) is 9.86. The number of aromatic nitrogens is 1. The lowest BCUT2D eigenvalue weighted by Gasteiger charge is -2.32. The molecule has 5 heteroatoms. The van der Waals surface area contributed by atoms with Crippen molar-refractivity contribution in [3.05, 3.63) is 78.1 Å². The van der Waals surface area contributed by atoms with Crippen molar-refractivity contribution >= 4 is 21.4 Å². The van der Waals surface area contributed by atoms with Crippen molar-refractivity contribution in [1.29, 1.82) is 0 Å². The largest absolute Gasteiger partial charge is 0.331 e. The number of hydrogen-bond donors (Lipinski definition) is 0. The Morgan fingerprint density at radius 1 is 0.960 bits per heavy atom. The number of hydrogen-bond acceptors (Lipinski definition) is 3. The minimum Gasteiger partial charge on any atom is -0.331 e. The molecule has 0 amide bonds. The zero-order chi connectivity index (χ0) is 17.6. The highest BCUT2D eigenvalue weighted by molar-refractivity contribution is 7.90. The van der Waals surface area contributed by atoms with Gasteiger partial charge in [-0.15, -0.1) is 0 Å². The highest BCUT2D eigenvalue weighted by Crippen LogP contribution is 2.44. The molecular weight excluding hydrogens is 332 g/mol. The van der Waals surface area contributed by atoms with Gasteiger partial charge in [0.25, 0.3) is 10.0 Å². The van der Waals surface area contributed by atoms with Crippen LogP contribution in [0.3, 0.4) is 0 Å². The monoisotopic (exact) mass is 352 g/mol. The van der Waals surface area contributed by atoms with Crippen LogP contribution >= 0.6 is 0 Å². The van der Waals surface area contributed by atoms with Gasteiger partial charge in [-0.3, -0.25) is 0 Å². The van der Waals surface area contributed by atoms with Crippen molar-refractivity contribution < 1.29 is 8.42 Å². The van der Waals surface area contributed by atoms with Crippen LogP contribution in [-0.4, -0.2) is 12.4 Å². The Morgan fingerprint density at radius 2 is 1.68 bits per heavy atom. The van der Waals surface area contributed by atoms with Gasteiger partial charge < -0.3 is 4.90 Å². The van der Waals surface area contributed by atoms with Crippen molar-refractivity contribution in [3.63, 3.8) is 0 Å². The van der Waals surface area contributed by atoms with Crippen molar-refractivity contribution in [1.82, 2.24) is 3.97 Å². The summed E-state index contributed by atoms with van der Waals surface area (Å²) in [5, 5.41) is 0. The van der Waals surface area contributed by atoms with Crippen molar-refractivity contribution in [2.24, 2.45) is 0 Å². The van der Waals surface area contributed by atoms with E-state index in [4.69, 9.17) is 0 Å². The number of benzene rings is 2. The Bertz CT molecular complexity index is 1020. The van der Waals surface area contributed by atoms with E-state index in [0.717, 1.165) is 23.5 Å². The molecule has 128 valence electrons. The van der Waals surface area contributed by atoms with Crippen LogP contribution in [0.25, 0.3) is 0 Å². The summed E-state index contributed by atoms with van der Waals surface area (Å²) >= 11 is 0. The summed E-state index contributed by atoms with van der Waals surface area (Å²) in [6.07, 6.45) is 2.44. The highest BCUT2D eigenvalue weighted by Gasteiger charge is 2.35. The van der Waals surface area contributed by atoms with Gasteiger partial charge in [0.15, 0.2) is 0 Å². The fourth-order valence-electron chi connectivity index (χ4n) is 3.55. The summed E-state index contributed by atoms with van der Waals surface area (Å²) < 4.78 is 27.8. The Kier molecular flexibility index (Phi) is 3.69. The van der Waals surface area contributed by atoms with Gasteiger partial charge in [-0.25, -0.2) is 12.4 Å². The molecule has 2 aromatic carbocycles. The van der Waals surface area contributed by atoms with Gasteiger partial charge in [-0.1, -0.05) is 36.8 Å². The summed E-state index contributed by atoms with van der Waals surface area (Å²) in [6.45, 7) is 4.14. The fraction of sp³-hybridized carbons (Fsp3) is 0.200. The minimum atomic E-state index is -3.61. The maximum Gasteiger partial charge on any atom is 0.269 e. The number of fused-ring (bicyclic) bond motifs is 2. The van der Waals surface area contributed by atoms with Crippen molar-refractivity contribution in [2.45, 2.75) is 31.2 Å². The average molecular weight is 352 g/mol. The highest BCUT2D eigenvalue weighted by atomic mass is 32.2. The standard InChI is InChI=1S/C20H20N2O2S/c1-3-17-18-8-6-14-21(18)25(23,24)20-9-5-4-7-19(20)22(17)16-12-10-15(2)11-13-16/h4-14,17H,3H2,1-2H3. The summed E-state index contributed by atoms with van der Waals surface area (Å²) in [4.78, 5) is 2.48. The van der Waals surface area contributed by atoms with Crippen LogP contribution in [-0.2, 0) is 10.0 Å². The van der Waals surface area contributed by atoms with E-state index in [9.17, 15) is 8.42 Å². The molecule has 0 N–H and O–H groups in total. The van der Waals surface area contributed by atoms with Gasteiger partial charge in [0.2, 0.25) is 0 Å². The first-order chi connectivity index (χ1) is 12.0. The fourth-order valence-corrected chi connectivity index (χ4v) is 5.14. The van der Waals surface area contributed by atoms with Crippen LogP contribution < -0.4 is 4.90 Å². The number of nitrogens with zero attached hydrogens (tertiary/aromatic N) is 2. The lowest BCUT2D eigenvalue weighted by molar-refractivity contribution is 0.583. The van der Waals surface area contributed by atoms with Crippen LogP contribution in [0.5, 0.6) is 0 Å². The number of anilines is 2. The third-order valence-electron chi connectivity index (χ3n) is 4.76. The van der Waals surface area contributed by atoms with Gasteiger partial charge in [-0.2, -0.15) is 0 Å². The molecule has 0 aliphatic carbocycles. The molecule has 1 aliphatic rings. The van der Waals surface area contributed by atoms with Crippen molar-refractivity contribution in [2.75, 3.05) is 4.90 Å². The molecule has 4 nitrogen and oxygen atoms in total. The minimum absolute atomic E-state index is 0.0591. The van der Waals surface area contributed by atoms with Crippen LogP contribution in [0, 0.1) is 6.92 Å².